The summed E-state index contributed by atoms with van der Waals surface area (Å²) in [4.78, 5) is 38.6. The predicted molar refractivity (Wildman–Crippen MR) is 117 cm³/mol. The SMILES string of the molecule is Cc1c(C(=O)Nc2ccc3c(c2)CCCN3C(=O)c2cccs2)cccc1[N+](=O)[O-]. The lowest BCUT2D eigenvalue weighted by Crippen LogP contribution is -2.35. The molecule has 0 saturated carbocycles. The quantitative estimate of drug-likeness (QED) is 0.483. The van der Waals surface area contributed by atoms with Crippen LogP contribution in [0, 0.1) is 17.0 Å². The molecule has 0 bridgehead atoms. The number of fused-ring (bicyclic) bond motifs is 1. The molecule has 3 aromatic rings. The molecule has 152 valence electrons. The van der Waals surface area contributed by atoms with Gasteiger partial charge in [0.25, 0.3) is 17.5 Å². The van der Waals surface area contributed by atoms with Crippen molar-refractivity contribution in [1.29, 1.82) is 0 Å². The molecule has 0 fully saturated rings. The summed E-state index contributed by atoms with van der Waals surface area (Å²) in [5, 5.41) is 15.8. The van der Waals surface area contributed by atoms with Gasteiger partial charge in [-0.15, -0.1) is 11.3 Å². The summed E-state index contributed by atoms with van der Waals surface area (Å²) in [6.45, 7) is 2.22. The van der Waals surface area contributed by atoms with Crippen molar-refractivity contribution in [2.24, 2.45) is 0 Å². The van der Waals surface area contributed by atoms with Crippen LogP contribution in [0.3, 0.4) is 0 Å². The van der Waals surface area contributed by atoms with Gasteiger partial charge in [0, 0.05) is 35.1 Å². The zero-order chi connectivity index (χ0) is 21.3. The third-order valence-corrected chi connectivity index (χ3v) is 6.04. The maximum atomic E-state index is 12.8. The second-order valence-electron chi connectivity index (χ2n) is 7.04. The molecule has 1 aliphatic heterocycles. The molecule has 1 aromatic heterocycles. The summed E-state index contributed by atoms with van der Waals surface area (Å²) in [5.74, 6) is -0.423. The molecule has 8 heteroatoms. The van der Waals surface area contributed by atoms with Crippen molar-refractivity contribution in [3.63, 3.8) is 0 Å². The molecule has 4 rings (SSSR count). The third-order valence-electron chi connectivity index (χ3n) is 5.18. The first kappa shape index (κ1) is 19.8. The molecule has 7 nitrogen and oxygen atoms in total. The van der Waals surface area contributed by atoms with Crippen molar-refractivity contribution < 1.29 is 14.5 Å². The minimum absolute atomic E-state index is 0.0186. The highest BCUT2D eigenvalue weighted by molar-refractivity contribution is 7.12. The maximum Gasteiger partial charge on any atom is 0.273 e. The summed E-state index contributed by atoms with van der Waals surface area (Å²) < 4.78 is 0. The second-order valence-corrected chi connectivity index (χ2v) is 7.99. The normalized spacial score (nSPS) is 12.9. The van der Waals surface area contributed by atoms with Crippen LogP contribution in [-0.2, 0) is 6.42 Å². The highest BCUT2D eigenvalue weighted by Gasteiger charge is 2.25. The standard InChI is InChI=1S/C22H19N3O4S/c1-14-17(6-2-7-18(14)25(28)29)21(26)23-16-9-10-19-15(13-16)5-3-11-24(19)22(27)20-8-4-12-30-20/h2,4,6-10,12-13H,3,5,11H2,1H3,(H,23,26). The van der Waals surface area contributed by atoms with Gasteiger partial charge in [0.1, 0.15) is 0 Å². The molecule has 0 aliphatic carbocycles. The number of nitro groups is 1. The van der Waals surface area contributed by atoms with Crippen LogP contribution in [0.15, 0.2) is 53.9 Å². The molecular weight excluding hydrogens is 402 g/mol. The molecule has 0 atom stereocenters. The van der Waals surface area contributed by atoms with E-state index in [0.717, 1.165) is 24.1 Å². The molecule has 1 N–H and O–H groups in total. The van der Waals surface area contributed by atoms with Crippen LogP contribution >= 0.6 is 11.3 Å². The third kappa shape index (κ3) is 3.69. The second kappa shape index (κ2) is 8.08. The number of amides is 2. The Morgan fingerprint density at radius 2 is 2.00 bits per heavy atom. The van der Waals surface area contributed by atoms with Gasteiger partial charge in [-0.3, -0.25) is 19.7 Å². The molecule has 0 radical (unpaired) electrons. The lowest BCUT2D eigenvalue weighted by atomic mass is 10.0. The Hall–Kier alpha value is -3.52. The van der Waals surface area contributed by atoms with E-state index in [1.165, 1.54) is 23.5 Å². The fourth-order valence-electron chi connectivity index (χ4n) is 3.68. The van der Waals surface area contributed by atoms with E-state index in [-0.39, 0.29) is 17.2 Å². The molecule has 0 saturated heterocycles. The van der Waals surface area contributed by atoms with Crippen LogP contribution in [0.4, 0.5) is 17.1 Å². The maximum absolute atomic E-state index is 12.8. The van der Waals surface area contributed by atoms with Crippen molar-refractivity contribution in [3.05, 3.63) is 85.6 Å². The van der Waals surface area contributed by atoms with E-state index in [0.29, 0.717) is 22.7 Å². The summed E-state index contributed by atoms with van der Waals surface area (Å²) in [6.07, 6.45) is 1.65. The average Bonchev–Trinajstić information content (AvgIpc) is 3.27. The number of carbonyl (C=O) groups is 2. The number of nitro benzene ring substituents is 1. The zero-order valence-electron chi connectivity index (χ0n) is 16.3. The summed E-state index contributed by atoms with van der Waals surface area (Å²) >= 11 is 1.42. The number of hydrogen-bond acceptors (Lipinski definition) is 5. The van der Waals surface area contributed by atoms with E-state index in [1.807, 2.05) is 29.6 Å². The highest BCUT2D eigenvalue weighted by Crippen LogP contribution is 2.32. The number of benzene rings is 2. The van der Waals surface area contributed by atoms with Gasteiger partial charge in [-0.25, -0.2) is 0 Å². The van der Waals surface area contributed by atoms with Crippen molar-refractivity contribution in [2.45, 2.75) is 19.8 Å². The van der Waals surface area contributed by atoms with Gasteiger partial charge in [0.05, 0.1) is 9.80 Å². The first-order valence-electron chi connectivity index (χ1n) is 9.49. The number of aryl methyl sites for hydroxylation is 1. The molecule has 2 aromatic carbocycles. The molecule has 1 aliphatic rings. The van der Waals surface area contributed by atoms with Crippen LogP contribution in [0.5, 0.6) is 0 Å². The van der Waals surface area contributed by atoms with Crippen molar-refractivity contribution in [1.82, 2.24) is 0 Å². The van der Waals surface area contributed by atoms with Crippen LogP contribution in [0.25, 0.3) is 0 Å². The van der Waals surface area contributed by atoms with Crippen molar-refractivity contribution >= 4 is 40.2 Å². The van der Waals surface area contributed by atoms with Crippen molar-refractivity contribution in [3.8, 4) is 0 Å². The molecule has 2 amide bonds. The molecule has 30 heavy (non-hydrogen) atoms. The van der Waals surface area contributed by atoms with Crippen molar-refractivity contribution in [2.75, 3.05) is 16.8 Å². The van der Waals surface area contributed by atoms with Gasteiger partial charge in [-0.05, 0) is 61.0 Å². The fourth-order valence-corrected chi connectivity index (χ4v) is 4.36. The molecule has 0 unspecified atom stereocenters. The van der Waals surface area contributed by atoms with Crippen LogP contribution in [0.1, 0.15) is 37.6 Å². The van der Waals surface area contributed by atoms with Gasteiger partial charge in [0.2, 0.25) is 0 Å². The largest absolute Gasteiger partial charge is 0.322 e. The Bertz CT molecular complexity index is 1140. The van der Waals surface area contributed by atoms with Gasteiger partial charge >= 0.3 is 0 Å². The number of rotatable bonds is 4. The molecule has 0 spiro atoms. The Labute approximate surface area is 177 Å². The summed E-state index contributed by atoms with van der Waals surface area (Å²) in [7, 11) is 0. The molecular formula is C22H19N3O4S. The smallest absolute Gasteiger partial charge is 0.273 e. The van der Waals surface area contributed by atoms with Gasteiger partial charge in [0.15, 0.2) is 0 Å². The Morgan fingerprint density at radius 1 is 1.17 bits per heavy atom. The Kier molecular flexibility index (Phi) is 5.33. The highest BCUT2D eigenvalue weighted by atomic mass is 32.1. The van der Waals surface area contributed by atoms with E-state index < -0.39 is 10.8 Å². The minimum Gasteiger partial charge on any atom is -0.322 e. The van der Waals surface area contributed by atoms with E-state index in [4.69, 9.17) is 0 Å². The number of carbonyl (C=O) groups excluding carboxylic acids is 2. The first-order valence-corrected chi connectivity index (χ1v) is 10.4. The number of hydrogen-bond donors (Lipinski definition) is 1. The topological polar surface area (TPSA) is 92.6 Å². The van der Waals surface area contributed by atoms with Gasteiger partial charge < -0.3 is 10.2 Å². The van der Waals surface area contributed by atoms with E-state index in [1.54, 1.807) is 24.0 Å². The Morgan fingerprint density at radius 3 is 2.73 bits per heavy atom. The number of nitrogens with one attached hydrogen (secondary N) is 1. The average molecular weight is 421 g/mol. The van der Waals surface area contributed by atoms with Crippen LogP contribution in [0.2, 0.25) is 0 Å². The van der Waals surface area contributed by atoms with E-state index >= 15 is 0 Å². The lowest BCUT2D eigenvalue weighted by Gasteiger charge is -2.29. The lowest BCUT2D eigenvalue weighted by molar-refractivity contribution is -0.385. The van der Waals surface area contributed by atoms with Crippen LogP contribution in [-0.4, -0.2) is 23.3 Å². The minimum atomic E-state index is -0.496. The van der Waals surface area contributed by atoms with Gasteiger partial charge in [-0.2, -0.15) is 0 Å². The predicted octanol–water partition coefficient (Wildman–Crippen LogP) is 4.81. The number of thiophene rings is 1. The summed E-state index contributed by atoms with van der Waals surface area (Å²) in [5.41, 5.74) is 2.93. The Balaban J connectivity index is 1.58. The van der Waals surface area contributed by atoms with E-state index in [2.05, 4.69) is 5.32 Å². The number of anilines is 2. The number of nitrogens with zero attached hydrogens (tertiary/aromatic N) is 2. The first-order chi connectivity index (χ1) is 14.5. The molecule has 2 heterocycles. The monoisotopic (exact) mass is 421 g/mol. The van der Waals surface area contributed by atoms with Gasteiger partial charge in [-0.1, -0.05) is 12.1 Å². The zero-order valence-corrected chi connectivity index (χ0v) is 17.1. The summed E-state index contributed by atoms with van der Waals surface area (Å²) in [6, 6.07) is 13.6. The van der Waals surface area contributed by atoms with Crippen LogP contribution < -0.4 is 10.2 Å². The van der Waals surface area contributed by atoms with E-state index in [9.17, 15) is 19.7 Å². The fraction of sp³-hybridized carbons (Fsp3) is 0.182.